The number of hydrogen-bond donors (Lipinski definition) is 1. The van der Waals surface area contributed by atoms with E-state index in [9.17, 15) is 4.79 Å². The van der Waals surface area contributed by atoms with Crippen LogP contribution in [0.3, 0.4) is 0 Å². The minimum atomic E-state index is 0.104. The van der Waals surface area contributed by atoms with E-state index in [1.807, 2.05) is 42.2 Å². The topological polar surface area (TPSA) is 55.6 Å². The van der Waals surface area contributed by atoms with Gasteiger partial charge in [0.15, 0.2) is 0 Å². The SMILES string of the molecule is CC1CC(=O)N(CCCOc2ccccc2)CC1N. The third kappa shape index (κ3) is 3.96. The summed E-state index contributed by atoms with van der Waals surface area (Å²) in [7, 11) is 0. The van der Waals surface area contributed by atoms with Gasteiger partial charge in [-0.25, -0.2) is 0 Å². The molecule has 19 heavy (non-hydrogen) atoms. The van der Waals surface area contributed by atoms with Crippen LogP contribution < -0.4 is 10.5 Å². The second-order valence-corrected chi connectivity index (χ2v) is 5.20. The molecular weight excluding hydrogens is 240 g/mol. The Balaban J connectivity index is 1.69. The maximum Gasteiger partial charge on any atom is 0.222 e. The maximum atomic E-state index is 11.8. The minimum Gasteiger partial charge on any atom is -0.494 e. The van der Waals surface area contributed by atoms with Crippen molar-refractivity contribution in [1.82, 2.24) is 4.90 Å². The monoisotopic (exact) mass is 262 g/mol. The fourth-order valence-corrected chi connectivity index (χ4v) is 2.27. The first-order chi connectivity index (χ1) is 9.16. The Bertz CT molecular complexity index is 408. The van der Waals surface area contributed by atoms with E-state index in [-0.39, 0.29) is 11.9 Å². The molecule has 0 saturated carbocycles. The molecule has 0 radical (unpaired) electrons. The molecule has 1 fully saturated rings. The quantitative estimate of drug-likeness (QED) is 0.821. The van der Waals surface area contributed by atoms with Crippen molar-refractivity contribution in [2.45, 2.75) is 25.8 Å². The summed E-state index contributed by atoms with van der Waals surface area (Å²) in [6.45, 7) is 4.06. The number of hydrogen-bond acceptors (Lipinski definition) is 3. The van der Waals surface area contributed by atoms with Crippen molar-refractivity contribution in [3.05, 3.63) is 30.3 Å². The largest absolute Gasteiger partial charge is 0.494 e. The number of para-hydroxylation sites is 1. The number of nitrogens with zero attached hydrogens (tertiary/aromatic N) is 1. The van der Waals surface area contributed by atoms with Gasteiger partial charge in [0, 0.05) is 25.6 Å². The van der Waals surface area contributed by atoms with E-state index >= 15 is 0 Å². The molecule has 1 aromatic carbocycles. The number of likely N-dealkylation sites (tertiary alicyclic amines) is 1. The minimum absolute atomic E-state index is 0.104. The fourth-order valence-electron chi connectivity index (χ4n) is 2.27. The van der Waals surface area contributed by atoms with Gasteiger partial charge in [0.1, 0.15) is 5.75 Å². The van der Waals surface area contributed by atoms with Gasteiger partial charge in [-0.15, -0.1) is 0 Å². The lowest BCUT2D eigenvalue weighted by Crippen LogP contribution is -2.50. The van der Waals surface area contributed by atoms with Crippen molar-refractivity contribution in [3.8, 4) is 5.75 Å². The highest BCUT2D eigenvalue weighted by atomic mass is 16.5. The van der Waals surface area contributed by atoms with Crippen LogP contribution in [0.5, 0.6) is 5.75 Å². The van der Waals surface area contributed by atoms with Crippen LogP contribution in [0.15, 0.2) is 30.3 Å². The Morgan fingerprint density at radius 3 is 2.84 bits per heavy atom. The molecule has 104 valence electrons. The normalized spacial score (nSPS) is 23.5. The van der Waals surface area contributed by atoms with Gasteiger partial charge >= 0.3 is 0 Å². The molecule has 1 amide bonds. The lowest BCUT2D eigenvalue weighted by molar-refractivity contribution is -0.135. The summed E-state index contributed by atoms with van der Waals surface area (Å²) >= 11 is 0. The summed E-state index contributed by atoms with van der Waals surface area (Å²) in [6.07, 6.45) is 1.41. The molecule has 0 spiro atoms. The predicted octanol–water partition coefficient (Wildman–Crippen LogP) is 1.65. The maximum absolute atomic E-state index is 11.8. The van der Waals surface area contributed by atoms with E-state index in [2.05, 4.69) is 0 Å². The lowest BCUT2D eigenvalue weighted by Gasteiger charge is -2.34. The van der Waals surface area contributed by atoms with Crippen molar-refractivity contribution in [2.75, 3.05) is 19.7 Å². The van der Waals surface area contributed by atoms with E-state index in [0.717, 1.165) is 18.7 Å². The molecule has 4 heteroatoms. The van der Waals surface area contributed by atoms with E-state index in [4.69, 9.17) is 10.5 Å². The number of benzene rings is 1. The highest BCUT2D eigenvalue weighted by Crippen LogP contribution is 2.17. The fraction of sp³-hybridized carbons (Fsp3) is 0.533. The lowest BCUT2D eigenvalue weighted by atomic mass is 9.93. The summed E-state index contributed by atoms with van der Waals surface area (Å²) in [5.74, 6) is 1.39. The van der Waals surface area contributed by atoms with Gasteiger partial charge in [0.2, 0.25) is 5.91 Å². The number of rotatable bonds is 5. The van der Waals surface area contributed by atoms with E-state index in [1.165, 1.54) is 0 Å². The molecule has 0 aliphatic carbocycles. The van der Waals surface area contributed by atoms with Crippen LogP contribution in [0.1, 0.15) is 19.8 Å². The van der Waals surface area contributed by atoms with Crippen molar-refractivity contribution in [1.29, 1.82) is 0 Å². The Hall–Kier alpha value is -1.55. The van der Waals surface area contributed by atoms with Crippen LogP contribution in [-0.2, 0) is 4.79 Å². The van der Waals surface area contributed by atoms with Crippen LogP contribution >= 0.6 is 0 Å². The molecule has 1 aliphatic heterocycles. The molecule has 1 heterocycles. The molecule has 1 aliphatic rings. The van der Waals surface area contributed by atoms with Crippen LogP contribution in [-0.4, -0.2) is 36.5 Å². The average Bonchev–Trinajstić information content (AvgIpc) is 2.41. The molecule has 4 nitrogen and oxygen atoms in total. The summed E-state index contributed by atoms with van der Waals surface area (Å²) < 4.78 is 5.61. The zero-order valence-corrected chi connectivity index (χ0v) is 11.4. The molecule has 0 bridgehead atoms. The molecule has 2 atom stereocenters. The van der Waals surface area contributed by atoms with Crippen molar-refractivity contribution >= 4 is 5.91 Å². The molecule has 1 aromatic rings. The van der Waals surface area contributed by atoms with Crippen LogP contribution in [0, 0.1) is 5.92 Å². The second-order valence-electron chi connectivity index (χ2n) is 5.20. The number of ether oxygens (including phenoxy) is 1. The van der Waals surface area contributed by atoms with Gasteiger partial charge in [-0.3, -0.25) is 4.79 Å². The zero-order valence-electron chi connectivity index (χ0n) is 11.4. The predicted molar refractivity (Wildman–Crippen MR) is 74.9 cm³/mol. The highest BCUT2D eigenvalue weighted by Gasteiger charge is 2.28. The summed E-state index contributed by atoms with van der Waals surface area (Å²) in [5, 5.41) is 0. The van der Waals surface area contributed by atoms with E-state index in [1.54, 1.807) is 0 Å². The van der Waals surface area contributed by atoms with Gasteiger partial charge in [0.05, 0.1) is 6.61 Å². The summed E-state index contributed by atoms with van der Waals surface area (Å²) in [6, 6.07) is 9.83. The first-order valence-electron chi connectivity index (χ1n) is 6.88. The summed E-state index contributed by atoms with van der Waals surface area (Å²) in [4.78, 5) is 13.7. The Morgan fingerprint density at radius 1 is 1.37 bits per heavy atom. The molecule has 0 aromatic heterocycles. The summed E-state index contributed by atoms with van der Waals surface area (Å²) in [5.41, 5.74) is 6.00. The van der Waals surface area contributed by atoms with Gasteiger partial charge in [-0.1, -0.05) is 25.1 Å². The Labute approximate surface area is 114 Å². The van der Waals surface area contributed by atoms with E-state index < -0.39 is 0 Å². The number of carbonyl (C=O) groups excluding carboxylic acids is 1. The molecule has 2 unspecified atom stereocenters. The first kappa shape index (κ1) is 13.9. The van der Waals surface area contributed by atoms with Crippen LogP contribution in [0.4, 0.5) is 0 Å². The van der Waals surface area contributed by atoms with Crippen molar-refractivity contribution < 1.29 is 9.53 Å². The van der Waals surface area contributed by atoms with Crippen LogP contribution in [0.25, 0.3) is 0 Å². The standard InChI is InChI=1S/C15H22N2O2/c1-12-10-15(18)17(11-14(12)16)8-5-9-19-13-6-3-2-4-7-13/h2-4,6-7,12,14H,5,8-11,16H2,1H3. The molecule has 2 N–H and O–H groups in total. The van der Waals surface area contributed by atoms with Gasteiger partial charge in [-0.2, -0.15) is 0 Å². The number of piperidine rings is 1. The van der Waals surface area contributed by atoms with E-state index in [0.29, 0.717) is 25.5 Å². The number of carbonyl (C=O) groups is 1. The third-order valence-corrected chi connectivity index (χ3v) is 3.60. The van der Waals surface area contributed by atoms with Gasteiger partial charge in [0.25, 0.3) is 0 Å². The third-order valence-electron chi connectivity index (χ3n) is 3.60. The molecule has 1 saturated heterocycles. The number of nitrogens with two attached hydrogens (primary N) is 1. The highest BCUT2D eigenvalue weighted by molar-refractivity contribution is 5.77. The second kappa shape index (κ2) is 6.57. The molecular formula is C15H22N2O2. The molecule has 2 rings (SSSR count). The number of amides is 1. The first-order valence-corrected chi connectivity index (χ1v) is 6.88. The van der Waals surface area contributed by atoms with Gasteiger partial charge in [-0.05, 0) is 24.5 Å². The Morgan fingerprint density at radius 2 is 2.11 bits per heavy atom. The Kier molecular flexibility index (Phi) is 4.80. The average molecular weight is 262 g/mol. The van der Waals surface area contributed by atoms with Crippen molar-refractivity contribution in [2.24, 2.45) is 11.7 Å². The van der Waals surface area contributed by atoms with Crippen LogP contribution in [0.2, 0.25) is 0 Å². The smallest absolute Gasteiger partial charge is 0.222 e. The van der Waals surface area contributed by atoms with Gasteiger partial charge < -0.3 is 15.4 Å². The zero-order chi connectivity index (χ0) is 13.7. The van der Waals surface area contributed by atoms with Crippen molar-refractivity contribution in [3.63, 3.8) is 0 Å².